The zero-order chi connectivity index (χ0) is 16.8. The third kappa shape index (κ3) is 4.64. The fourth-order valence-electron chi connectivity index (χ4n) is 2.12. The summed E-state index contributed by atoms with van der Waals surface area (Å²) in [7, 11) is 0. The molecule has 0 fully saturated rings. The van der Waals surface area contributed by atoms with Gasteiger partial charge in [0.05, 0.1) is 0 Å². The molecule has 0 saturated carbocycles. The lowest BCUT2D eigenvalue weighted by molar-refractivity contribution is -0.118. The SMILES string of the molecule is Cc1ccc(C(=O)N[C@H](C(=O)Nc2ccncc2)C(C)C)cc1. The van der Waals surface area contributed by atoms with Crippen molar-refractivity contribution in [2.24, 2.45) is 5.92 Å². The van der Waals surface area contributed by atoms with Crippen molar-refractivity contribution in [1.29, 1.82) is 0 Å². The summed E-state index contributed by atoms with van der Waals surface area (Å²) in [5.74, 6) is -0.536. The highest BCUT2D eigenvalue weighted by Crippen LogP contribution is 2.10. The molecule has 0 unspecified atom stereocenters. The smallest absolute Gasteiger partial charge is 0.251 e. The molecule has 2 aromatic rings. The van der Waals surface area contributed by atoms with Crippen LogP contribution in [-0.4, -0.2) is 22.8 Å². The molecule has 120 valence electrons. The fourth-order valence-corrected chi connectivity index (χ4v) is 2.12. The standard InChI is InChI=1S/C18H21N3O2/c1-12(2)16(18(23)20-15-8-10-19-11-9-15)21-17(22)14-6-4-13(3)5-7-14/h4-12,16H,1-3H3,(H,21,22)(H,19,20,23)/t16-/m0/s1. The van der Waals surface area contributed by atoms with Gasteiger partial charge in [-0.15, -0.1) is 0 Å². The lowest BCUT2D eigenvalue weighted by atomic mass is 10.0. The second-order valence-corrected chi connectivity index (χ2v) is 5.79. The van der Waals surface area contributed by atoms with E-state index >= 15 is 0 Å². The minimum Gasteiger partial charge on any atom is -0.340 e. The molecule has 0 spiro atoms. The average Bonchev–Trinajstić information content (AvgIpc) is 2.53. The Morgan fingerprint density at radius 3 is 2.17 bits per heavy atom. The van der Waals surface area contributed by atoms with E-state index < -0.39 is 6.04 Å². The van der Waals surface area contributed by atoms with Crippen molar-refractivity contribution in [2.75, 3.05) is 5.32 Å². The molecule has 2 rings (SSSR count). The molecular formula is C18H21N3O2. The first-order valence-electron chi connectivity index (χ1n) is 7.56. The highest BCUT2D eigenvalue weighted by Gasteiger charge is 2.24. The number of nitrogens with zero attached hydrogens (tertiary/aromatic N) is 1. The van der Waals surface area contributed by atoms with E-state index in [4.69, 9.17) is 0 Å². The van der Waals surface area contributed by atoms with Gasteiger partial charge in [0.25, 0.3) is 5.91 Å². The van der Waals surface area contributed by atoms with Crippen LogP contribution in [-0.2, 0) is 4.79 Å². The van der Waals surface area contributed by atoms with Gasteiger partial charge in [0, 0.05) is 23.6 Å². The fraction of sp³-hybridized carbons (Fsp3) is 0.278. The number of carbonyl (C=O) groups is 2. The minimum atomic E-state index is -0.614. The number of hydrogen-bond acceptors (Lipinski definition) is 3. The molecule has 0 aliphatic heterocycles. The monoisotopic (exact) mass is 311 g/mol. The number of benzene rings is 1. The molecule has 1 aromatic carbocycles. The van der Waals surface area contributed by atoms with Crippen molar-refractivity contribution in [3.63, 3.8) is 0 Å². The number of nitrogens with one attached hydrogen (secondary N) is 2. The Balaban J connectivity index is 2.07. The topological polar surface area (TPSA) is 71.1 Å². The van der Waals surface area contributed by atoms with E-state index in [1.165, 1.54) is 0 Å². The summed E-state index contributed by atoms with van der Waals surface area (Å²) < 4.78 is 0. The number of aromatic nitrogens is 1. The number of amides is 2. The summed E-state index contributed by atoms with van der Waals surface area (Å²) in [6, 6.07) is 10.0. The van der Waals surface area contributed by atoms with Crippen molar-refractivity contribution >= 4 is 17.5 Å². The predicted octanol–water partition coefficient (Wildman–Crippen LogP) is 2.78. The molecule has 2 N–H and O–H groups in total. The van der Waals surface area contributed by atoms with Crippen molar-refractivity contribution in [3.8, 4) is 0 Å². The van der Waals surface area contributed by atoms with Crippen LogP contribution in [0.4, 0.5) is 5.69 Å². The van der Waals surface area contributed by atoms with Crippen molar-refractivity contribution in [1.82, 2.24) is 10.3 Å². The van der Waals surface area contributed by atoms with Crippen LogP contribution in [0.25, 0.3) is 0 Å². The number of aryl methyl sites for hydroxylation is 1. The summed E-state index contributed by atoms with van der Waals surface area (Å²) in [5, 5.41) is 5.60. The maximum atomic E-state index is 12.4. The lowest BCUT2D eigenvalue weighted by Crippen LogP contribution is -2.47. The molecule has 1 atom stereocenters. The van der Waals surface area contributed by atoms with Crippen LogP contribution >= 0.6 is 0 Å². The van der Waals surface area contributed by atoms with Gasteiger partial charge in [-0.1, -0.05) is 31.5 Å². The van der Waals surface area contributed by atoms with Crippen LogP contribution in [0.5, 0.6) is 0 Å². The van der Waals surface area contributed by atoms with Crippen LogP contribution in [0.15, 0.2) is 48.8 Å². The molecular weight excluding hydrogens is 290 g/mol. The number of pyridine rings is 1. The second-order valence-electron chi connectivity index (χ2n) is 5.79. The summed E-state index contributed by atoms with van der Waals surface area (Å²) in [6.45, 7) is 5.75. The van der Waals surface area contributed by atoms with Crippen LogP contribution in [0, 0.1) is 12.8 Å². The van der Waals surface area contributed by atoms with Crippen LogP contribution in [0.2, 0.25) is 0 Å². The molecule has 2 amide bonds. The van der Waals surface area contributed by atoms with E-state index in [9.17, 15) is 9.59 Å². The summed E-state index contributed by atoms with van der Waals surface area (Å²) in [6.07, 6.45) is 3.20. The first-order valence-corrected chi connectivity index (χ1v) is 7.56. The van der Waals surface area contributed by atoms with Crippen LogP contribution in [0.1, 0.15) is 29.8 Å². The Morgan fingerprint density at radius 1 is 1.00 bits per heavy atom. The summed E-state index contributed by atoms with van der Waals surface area (Å²) in [4.78, 5) is 28.7. The van der Waals surface area contributed by atoms with Crippen molar-refractivity contribution < 1.29 is 9.59 Å². The molecule has 23 heavy (non-hydrogen) atoms. The van der Waals surface area contributed by atoms with E-state index in [1.54, 1.807) is 36.7 Å². The average molecular weight is 311 g/mol. The molecule has 0 saturated heterocycles. The van der Waals surface area contributed by atoms with Gasteiger partial charge >= 0.3 is 0 Å². The van der Waals surface area contributed by atoms with Gasteiger partial charge in [-0.05, 0) is 37.1 Å². The first-order chi connectivity index (χ1) is 11.0. The Kier molecular flexibility index (Phi) is 5.46. The summed E-state index contributed by atoms with van der Waals surface area (Å²) >= 11 is 0. The number of carbonyl (C=O) groups excluding carboxylic acids is 2. The van der Waals surface area contributed by atoms with Crippen LogP contribution < -0.4 is 10.6 Å². The lowest BCUT2D eigenvalue weighted by Gasteiger charge is -2.21. The highest BCUT2D eigenvalue weighted by atomic mass is 16.2. The van der Waals surface area contributed by atoms with Gasteiger partial charge in [-0.3, -0.25) is 14.6 Å². The zero-order valence-corrected chi connectivity index (χ0v) is 13.5. The van der Waals surface area contributed by atoms with E-state index in [-0.39, 0.29) is 17.7 Å². The first kappa shape index (κ1) is 16.7. The second kappa shape index (κ2) is 7.54. The van der Waals surface area contributed by atoms with E-state index in [0.29, 0.717) is 11.3 Å². The third-order valence-electron chi connectivity index (χ3n) is 3.50. The molecule has 0 aliphatic rings. The maximum absolute atomic E-state index is 12.4. The van der Waals surface area contributed by atoms with E-state index in [2.05, 4.69) is 15.6 Å². The van der Waals surface area contributed by atoms with Gasteiger partial charge in [-0.25, -0.2) is 0 Å². The molecule has 5 nitrogen and oxygen atoms in total. The molecule has 1 heterocycles. The van der Waals surface area contributed by atoms with E-state index in [0.717, 1.165) is 5.56 Å². The molecule has 0 radical (unpaired) electrons. The number of hydrogen-bond donors (Lipinski definition) is 2. The quantitative estimate of drug-likeness (QED) is 0.892. The molecule has 5 heteroatoms. The van der Waals surface area contributed by atoms with Gasteiger partial charge < -0.3 is 10.6 Å². The largest absolute Gasteiger partial charge is 0.340 e. The Bertz CT molecular complexity index is 666. The van der Waals surface area contributed by atoms with Gasteiger partial charge in [0.1, 0.15) is 6.04 Å². The van der Waals surface area contributed by atoms with Crippen LogP contribution in [0.3, 0.4) is 0 Å². The number of anilines is 1. The van der Waals surface area contributed by atoms with Gasteiger partial charge in [-0.2, -0.15) is 0 Å². The minimum absolute atomic E-state index is 0.0359. The maximum Gasteiger partial charge on any atom is 0.251 e. The Labute approximate surface area is 136 Å². The van der Waals surface area contributed by atoms with Crippen molar-refractivity contribution in [3.05, 3.63) is 59.9 Å². The van der Waals surface area contributed by atoms with Gasteiger partial charge in [0.2, 0.25) is 5.91 Å². The van der Waals surface area contributed by atoms with E-state index in [1.807, 2.05) is 32.9 Å². The third-order valence-corrected chi connectivity index (χ3v) is 3.50. The van der Waals surface area contributed by atoms with Gasteiger partial charge in [0.15, 0.2) is 0 Å². The number of rotatable bonds is 5. The zero-order valence-electron chi connectivity index (χ0n) is 13.5. The Morgan fingerprint density at radius 2 is 1.61 bits per heavy atom. The van der Waals surface area contributed by atoms with Crippen molar-refractivity contribution in [2.45, 2.75) is 26.8 Å². The normalized spacial score (nSPS) is 11.8. The Hall–Kier alpha value is -2.69. The molecule has 0 aliphatic carbocycles. The summed E-state index contributed by atoms with van der Waals surface area (Å²) in [5.41, 5.74) is 2.27. The molecule has 0 bridgehead atoms. The predicted molar refractivity (Wildman–Crippen MR) is 90.1 cm³/mol. The highest BCUT2D eigenvalue weighted by molar-refractivity contribution is 6.01. The molecule has 1 aromatic heterocycles.